The van der Waals surface area contributed by atoms with Crippen molar-refractivity contribution >= 4 is 11.7 Å². The number of nitrogens with zero attached hydrogens (tertiary/aromatic N) is 4. The molecule has 1 aliphatic rings. The SMILES string of the molecule is COc1ccc(OC(C)C(=O)N2CCN(c3ccc(-c4ccc(C)c(C)c4)nn3)CC2)cc1. The summed E-state index contributed by atoms with van der Waals surface area (Å²) in [6.45, 7) is 8.65. The van der Waals surface area contributed by atoms with E-state index in [-0.39, 0.29) is 5.91 Å². The maximum atomic E-state index is 12.9. The molecule has 0 spiro atoms. The van der Waals surface area contributed by atoms with Crippen LogP contribution in [0.25, 0.3) is 11.3 Å². The van der Waals surface area contributed by atoms with Gasteiger partial charge in [0.25, 0.3) is 5.91 Å². The van der Waals surface area contributed by atoms with E-state index in [1.54, 1.807) is 26.2 Å². The molecule has 7 nitrogen and oxygen atoms in total. The van der Waals surface area contributed by atoms with Crippen LogP contribution in [-0.4, -0.2) is 60.4 Å². The second kappa shape index (κ2) is 9.90. The van der Waals surface area contributed by atoms with Crippen LogP contribution in [0.4, 0.5) is 5.82 Å². The lowest BCUT2D eigenvalue weighted by atomic mass is 10.0. The first-order valence-electron chi connectivity index (χ1n) is 11.2. The van der Waals surface area contributed by atoms with Crippen LogP contribution >= 0.6 is 0 Å². The van der Waals surface area contributed by atoms with E-state index >= 15 is 0 Å². The molecule has 0 bridgehead atoms. The number of methoxy groups -OCH3 is 1. The lowest BCUT2D eigenvalue weighted by Crippen LogP contribution is -2.52. The first kappa shape index (κ1) is 22.6. The third-order valence-electron chi connectivity index (χ3n) is 6.09. The Labute approximate surface area is 195 Å². The fourth-order valence-corrected chi connectivity index (χ4v) is 3.87. The minimum absolute atomic E-state index is 0.0124. The molecular formula is C26H30N4O3. The van der Waals surface area contributed by atoms with E-state index in [1.807, 2.05) is 29.2 Å². The fraction of sp³-hybridized carbons (Fsp3) is 0.346. The molecule has 4 rings (SSSR count). The summed E-state index contributed by atoms with van der Waals surface area (Å²) in [6, 6.07) is 17.6. The van der Waals surface area contributed by atoms with Gasteiger partial charge in [-0.1, -0.05) is 12.1 Å². The Kier molecular flexibility index (Phi) is 6.77. The Hall–Kier alpha value is -3.61. The highest BCUT2D eigenvalue weighted by molar-refractivity contribution is 5.81. The summed E-state index contributed by atoms with van der Waals surface area (Å²) in [7, 11) is 1.62. The minimum Gasteiger partial charge on any atom is -0.497 e. The quantitative estimate of drug-likeness (QED) is 0.572. The largest absolute Gasteiger partial charge is 0.497 e. The van der Waals surface area contributed by atoms with E-state index < -0.39 is 6.10 Å². The number of piperazine rings is 1. The van der Waals surface area contributed by atoms with Crippen molar-refractivity contribution in [3.05, 3.63) is 65.7 Å². The first-order valence-corrected chi connectivity index (χ1v) is 11.2. The summed E-state index contributed by atoms with van der Waals surface area (Å²) in [6.07, 6.45) is -0.554. The van der Waals surface area contributed by atoms with Gasteiger partial charge < -0.3 is 19.3 Å². The van der Waals surface area contributed by atoms with Gasteiger partial charge in [0.15, 0.2) is 11.9 Å². The van der Waals surface area contributed by atoms with E-state index in [0.717, 1.165) is 22.8 Å². The van der Waals surface area contributed by atoms with Crippen molar-refractivity contribution in [3.63, 3.8) is 0 Å². The summed E-state index contributed by atoms with van der Waals surface area (Å²) in [4.78, 5) is 16.9. The zero-order valence-corrected chi connectivity index (χ0v) is 19.6. The molecule has 0 aliphatic carbocycles. The number of anilines is 1. The van der Waals surface area contributed by atoms with Crippen molar-refractivity contribution < 1.29 is 14.3 Å². The van der Waals surface area contributed by atoms with Gasteiger partial charge in [-0.15, -0.1) is 10.2 Å². The van der Waals surface area contributed by atoms with Crippen molar-refractivity contribution in [2.24, 2.45) is 0 Å². The van der Waals surface area contributed by atoms with E-state index in [0.29, 0.717) is 31.9 Å². The molecule has 3 aromatic rings. The molecule has 7 heteroatoms. The van der Waals surface area contributed by atoms with Gasteiger partial charge in [-0.25, -0.2) is 0 Å². The smallest absolute Gasteiger partial charge is 0.263 e. The van der Waals surface area contributed by atoms with Crippen molar-refractivity contribution in [1.82, 2.24) is 15.1 Å². The fourth-order valence-electron chi connectivity index (χ4n) is 3.87. The number of aromatic nitrogens is 2. The van der Waals surface area contributed by atoms with Gasteiger partial charge in [0.1, 0.15) is 11.5 Å². The molecule has 1 amide bonds. The van der Waals surface area contributed by atoms with Crippen molar-refractivity contribution in [1.29, 1.82) is 0 Å². The molecule has 1 aromatic heterocycles. The van der Waals surface area contributed by atoms with Crippen LogP contribution in [0.2, 0.25) is 0 Å². The highest BCUT2D eigenvalue weighted by Crippen LogP contribution is 2.22. The molecule has 1 atom stereocenters. The Morgan fingerprint density at radius 1 is 0.879 bits per heavy atom. The number of rotatable bonds is 6. The average Bonchev–Trinajstić information content (AvgIpc) is 2.86. The number of aryl methyl sites for hydroxylation is 2. The number of carbonyl (C=O) groups is 1. The predicted molar refractivity (Wildman–Crippen MR) is 129 cm³/mol. The van der Waals surface area contributed by atoms with Gasteiger partial charge >= 0.3 is 0 Å². The maximum absolute atomic E-state index is 12.9. The number of hydrogen-bond acceptors (Lipinski definition) is 6. The van der Waals surface area contributed by atoms with E-state index in [4.69, 9.17) is 9.47 Å². The van der Waals surface area contributed by atoms with Gasteiger partial charge in [-0.05, 0) is 74.4 Å². The average molecular weight is 447 g/mol. The van der Waals surface area contributed by atoms with Crippen molar-refractivity contribution in [2.75, 3.05) is 38.2 Å². The monoisotopic (exact) mass is 446 g/mol. The molecule has 1 aliphatic heterocycles. The summed E-state index contributed by atoms with van der Waals surface area (Å²) in [5.74, 6) is 2.22. The third-order valence-corrected chi connectivity index (χ3v) is 6.09. The Morgan fingerprint density at radius 3 is 2.18 bits per heavy atom. The van der Waals surface area contributed by atoms with E-state index in [1.165, 1.54) is 11.1 Å². The first-order chi connectivity index (χ1) is 15.9. The number of benzene rings is 2. The summed E-state index contributed by atoms with van der Waals surface area (Å²) >= 11 is 0. The van der Waals surface area contributed by atoms with Crippen LogP contribution in [0, 0.1) is 13.8 Å². The molecule has 0 radical (unpaired) electrons. The van der Waals surface area contributed by atoms with Crippen LogP contribution in [0.5, 0.6) is 11.5 Å². The van der Waals surface area contributed by atoms with Crippen LogP contribution < -0.4 is 14.4 Å². The van der Waals surface area contributed by atoms with Crippen LogP contribution in [-0.2, 0) is 4.79 Å². The Balaban J connectivity index is 1.32. The molecule has 172 valence electrons. The molecule has 33 heavy (non-hydrogen) atoms. The maximum Gasteiger partial charge on any atom is 0.263 e. The summed E-state index contributed by atoms with van der Waals surface area (Å²) in [5.41, 5.74) is 4.43. The number of ether oxygens (including phenoxy) is 2. The van der Waals surface area contributed by atoms with E-state index in [9.17, 15) is 4.79 Å². The van der Waals surface area contributed by atoms with Crippen molar-refractivity contribution in [2.45, 2.75) is 26.9 Å². The van der Waals surface area contributed by atoms with Crippen LogP contribution in [0.1, 0.15) is 18.1 Å². The number of carbonyl (C=O) groups excluding carboxylic acids is 1. The van der Waals surface area contributed by atoms with Crippen LogP contribution in [0.3, 0.4) is 0 Å². The second-order valence-electron chi connectivity index (χ2n) is 8.32. The van der Waals surface area contributed by atoms with Gasteiger partial charge in [0.05, 0.1) is 12.8 Å². The van der Waals surface area contributed by atoms with Crippen molar-refractivity contribution in [3.8, 4) is 22.8 Å². The molecule has 0 saturated carbocycles. The third kappa shape index (κ3) is 5.25. The minimum atomic E-state index is -0.554. The van der Waals surface area contributed by atoms with Gasteiger partial charge in [-0.3, -0.25) is 4.79 Å². The van der Waals surface area contributed by atoms with Gasteiger partial charge in [0, 0.05) is 31.7 Å². The zero-order chi connectivity index (χ0) is 23.4. The normalized spacial score (nSPS) is 14.7. The standard InChI is InChI=1S/C26H30N4O3/c1-18-5-6-21(17-19(18)2)24-11-12-25(28-27-24)29-13-15-30(16-14-29)26(31)20(3)33-23-9-7-22(32-4)8-10-23/h5-12,17,20H,13-16H2,1-4H3. The summed E-state index contributed by atoms with van der Waals surface area (Å²) < 4.78 is 11.0. The lowest BCUT2D eigenvalue weighted by Gasteiger charge is -2.36. The molecule has 1 fully saturated rings. The molecule has 2 heterocycles. The lowest BCUT2D eigenvalue weighted by molar-refractivity contribution is -0.138. The van der Waals surface area contributed by atoms with E-state index in [2.05, 4.69) is 47.1 Å². The number of hydrogen-bond donors (Lipinski definition) is 0. The molecular weight excluding hydrogens is 416 g/mol. The molecule has 1 saturated heterocycles. The predicted octanol–water partition coefficient (Wildman–Crippen LogP) is 3.89. The number of amides is 1. The zero-order valence-electron chi connectivity index (χ0n) is 19.6. The van der Waals surface area contributed by atoms with Crippen LogP contribution in [0.15, 0.2) is 54.6 Å². The highest BCUT2D eigenvalue weighted by atomic mass is 16.5. The van der Waals surface area contributed by atoms with Gasteiger partial charge in [-0.2, -0.15) is 0 Å². The Bertz CT molecular complexity index is 1090. The Morgan fingerprint density at radius 2 is 1.58 bits per heavy atom. The second-order valence-corrected chi connectivity index (χ2v) is 8.32. The highest BCUT2D eigenvalue weighted by Gasteiger charge is 2.26. The molecule has 1 unspecified atom stereocenters. The summed E-state index contributed by atoms with van der Waals surface area (Å²) in [5, 5.41) is 8.88. The van der Waals surface area contributed by atoms with Gasteiger partial charge in [0.2, 0.25) is 0 Å². The molecule has 0 N–H and O–H groups in total. The topological polar surface area (TPSA) is 67.8 Å². The molecule has 2 aromatic carbocycles.